The van der Waals surface area contributed by atoms with Gasteiger partial charge in [-0.15, -0.1) is 11.8 Å². The van der Waals surface area contributed by atoms with Crippen LogP contribution in [0.15, 0.2) is 152 Å². The maximum absolute atomic E-state index is 12.0. The molecule has 388 valence electrons. The van der Waals surface area contributed by atoms with Crippen LogP contribution >= 0.6 is 23.5 Å². The third kappa shape index (κ3) is 16.7. The molecule has 0 fully saturated rings. The van der Waals surface area contributed by atoms with Gasteiger partial charge in [-0.25, -0.2) is 19.2 Å². The van der Waals surface area contributed by atoms with Crippen LogP contribution in [-0.2, 0) is 64.3 Å². The number of esters is 4. The maximum atomic E-state index is 12.0. The fourth-order valence-electron chi connectivity index (χ4n) is 7.30. The summed E-state index contributed by atoms with van der Waals surface area (Å²) in [5.41, 5.74) is 7.69. The van der Waals surface area contributed by atoms with Crippen molar-refractivity contribution in [2.45, 2.75) is 45.4 Å². The molecule has 0 aliphatic rings. The molecule has 7 rings (SSSR count). The second kappa shape index (κ2) is 27.8. The van der Waals surface area contributed by atoms with E-state index in [1.54, 1.807) is 84.2 Å². The van der Waals surface area contributed by atoms with Crippen molar-refractivity contribution >= 4 is 47.4 Å². The molecular weight excluding hydrogens is 997 g/mol. The van der Waals surface area contributed by atoms with Crippen molar-refractivity contribution in [3.63, 3.8) is 0 Å². The summed E-state index contributed by atoms with van der Waals surface area (Å²) in [7, 11) is 5.37. The Morgan fingerprint density at radius 2 is 0.547 bits per heavy atom. The molecule has 0 atom stereocenters. The third-order valence-electron chi connectivity index (χ3n) is 11.2. The van der Waals surface area contributed by atoms with Crippen LogP contribution in [0.4, 0.5) is 0 Å². The summed E-state index contributed by atoms with van der Waals surface area (Å²) in [4.78, 5) is 48.0. The molecule has 7 aromatic carbocycles. The fraction of sp³-hybridized carbons (Fsp3) is 0.220. The summed E-state index contributed by atoms with van der Waals surface area (Å²) in [6, 6.07) is 45.0. The summed E-state index contributed by atoms with van der Waals surface area (Å²) >= 11 is 3.53. The molecule has 0 bridgehead atoms. The van der Waals surface area contributed by atoms with Gasteiger partial charge in [-0.3, -0.25) is 0 Å². The third-order valence-corrected chi connectivity index (χ3v) is 13.4. The highest BCUT2D eigenvalue weighted by Crippen LogP contribution is 2.32. The number of rotatable bonds is 26. The predicted octanol–water partition coefficient (Wildman–Crippen LogP) is 11.9. The van der Waals surface area contributed by atoms with Crippen LogP contribution in [-0.4, -0.2) is 63.7 Å². The SMILES string of the molecule is COC(=O)c1ccc(COc2cc(COc3cc(CSCSC)cc(OCc4cc(OCc5ccc(C(=O)OC)cc5)cc(OCc5ccc(C(=O)OC)cc5)c4)c3)cc(OCc3ccc(C(=O)OC)cc3)c2)cc1. The van der Waals surface area contributed by atoms with Gasteiger partial charge < -0.3 is 47.4 Å². The maximum Gasteiger partial charge on any atom is 0.337 e. The number of hydrogen-bond acceptors (Lipinski definition) is 16. The molecule has 7 aromatic rings. The summed E-state index contributed by atoms with van der Waals surface area (Å²) in [6.07, 6.45) is 2.07. The molecule has 75 heavy (non-hydrogen) atoms. The molecule has 14 nitrogen and oxygen atoms in total. The lowest BCUT2D eigenvalue weighted by molar-refractivity contribution is 0.0592. The highest BCUT2D eigenvalue weighted by Gasteiger charge is 2.14. The van der Waals surface area contributed by atoms with Gasteiger partial charge in [-0.2, -0.15) is 11.8 Å². The Morgan fingerprint density at radius 3 is 0.773 bits per heavy atom. The van der Waals surface area contributed by atoms with Crippen LogP contribution in [0.2, 0.25) is 0 Å². The van der Waals surface area contributed by atoms with Crippen LogP contribution in [0.3, 0.4) is 0 Å². The van der Waals surface area contributed by atoms with E-state index in [9.17, 15) is 19.2 Å². The molecule has 0 aliphatic carbocycles. The molecule has 0 aromatic heterocycles. The zero-order valence-corrected chi connectivity index (χ0v) is 43.8. The van der Waals surface area contributed by atoms with E-state index in [1.165, 1.54) is 28.4 Å². The number of hydrogen-bond donors (Lipinski definition) is 0. The normalized spacial score (nSPS) is 10.7. The first-order valence-corrected chi connectivity index (χ1v) is 26.0. The average Bonchev–Trinajstić information content (AvgIpc) is 3.45. The minimum atomic E-state index is -0.422. The molecule has 0 unspecified atom stereocenters. The Bertz CT molecular complexity index is 2650. The fourth-order valence-corrected chi connectivity index (χ4v) is 8.71. The van der Waals surface area contributed by atoms with E-state index < -0.39 is 23.9 Å². The van der Waals surface area contributed by atoms with Crippen molar-refractivity contribution in [3.05, 3.63) is 213 Å². The molecule has 16 heteroatoms. The Morgan fingerprint density at radius 1 is 0.320 bits per heavy atom. The van der Waals surface area contributed by atoms with E-state index in [0.717, 1.165) is 49.8 Å². The number of methoxy groups -OCH3 is 4. The molecular formula is C59H56O14S2. The Kier molecular flexibility index (Phi) is 20.3. The summed E-state index contributed by atoms with van der Waals surface area (Å²) in [6.45, 7) is 1.20. The Labute approximate surface area is 444 Å². The highest BCUT2D eigenvalue weighted by atomic mass is 32.2. The standard InChI is InChI=1S/C59H56O14S2/c1-64-56(60)46-14-6-39(7-15-46)31-68-50-22-43(23-51(28-50)69-32-40-8-16-47(17-9-40)57(61)65-2)35-72-54-26-45(37-75-38-74-5)27-55(30-54)73-36-44-24-52(70-33-41-10-18-48(19-11-41)58(62)66-3)29-53(25-44)71-34-42-12-20-49(21-13-42)59(63)67-4/h6-30H,31-38H2,1-5H3. The van der Waals surface area contributed by atoms with Gasteiger partial charge in [0.1, 0.15) is 74.1 Å². The summed E-state index contributed by atoms with van der Waals surface area (Å²) in [5.74, 6) is 2.38. The first kappa shape index (κ1) is 54.7. The molecule has 0 amide bonds. The van der Waals surface area contributed by atoms with E-state index in [1.807, 2.05) is 91.0 Å². The topological polar surface area (TPSA) is 161 Å². The highest BCUT2D eigenvalue weighted by molar-refractivity contribution is 8.15. The minimum absolute atomic E-state index is 0.160. The van der Waals surface area contributed by atoms with Crippen LogP contribution in [0.1, 0.15) is 80.4 Å². The van der Waals surface area contributed by atoms with Crippen molar-refractivity contribution in [3.8, 4) is 34.5 Å². The molecule has 0 saturated heterocycles. The zero-order valence-electron chi connectivity index (χ0n) is 42.1. The van der Waals surface area contributed by atoms with Crippen LogP contribution in [0.25, 0.3) is 0 Å². The van der Waals surface area contributed by atoms with Gasteiger partial charge in [-0.1, -0.05) is 48.5 Å². The van der Waals surface area contributed by atoms with E-state index in [2.05, 4.69) is 6.26 Å². The first-order chi connectivity index (χ1) is 36.5. The Balaban J connectivity index is 1.09. The van der Waals surface area contributed by atoms with Crippen LogP contribution in [0, 0.1) is 0 Å². The molecule has 0 aliphatic heterocycles. The lowest BCUT2D eigenvalue weighted by Crippen LogP contribution is -2.04. The van der Waals surface area contributed by atoms with Crippen molar-refractivity contribution in [2.75, 3.05) is 39.8 Å². The number of ether oxygens (including phenoxy) is 10. The molecule has 0 heterocycles. The predicted molar refractivity (Wildman–Crippen MR) is 286 cm³/mol. The zero-order chi connectivity index (χ0) is 52.9. The lowest BCUT2D eigenvalue weighted by Gasteiger charge is -2.16. The van der Waals surface area contributed by atoms with Crippen LogP contribution < -0.4 is 28.4 Å². The molecule has 0 spiro atoms. The number of carbonyl (C=O) groups is 4. The molecule has 0 saturated carbocycles. The van der Waals surface area contributed by atoms with Crippen LogP contribution in [0.5, 0.6) is 34.5 Å². The number of carbonyl (C=O) groups excluding carboxylic acids is 4. The quantitative estimate of drug-likeness (QED) is 0.0218. The summed E-state index contributed by atoms with van der Waals surface area (Å²) < 4.78 is 57.5. The van der Waals surface area contributed by atoms with E-state index in [-0.39, 0.29) is 39.6 Å². The van der Waals surface area contributed by atoms with Gasteiger partial charge in [0.2, 0.25) is 0 Å². The number of thioether (sulfide) groups is 2. The van der Waals surface area contributed by atoms with Crippen molar-refractivity contribution in [1.29, 1.82) is 0 Å². The summed E-state index contributed by atoms with van der Waals surface area (Å²) in [5, 5.41) is 0.905. The lowest BCUT2D eigenvalue weighted by atomic mass is 10.1. The monoisotopic (exact) mass is 1050 g/mol. The number of benzene rings is 7. The van der Waals surface area contributed by atoms with Crippen molar-refractivity contribution < 1.29 is 66.5 Å². The van der Waals surface area contributed by atoms with Gasteiger partial charge in [0.15, 0.2) is 0 Å². The Hall–Kier alpha value is -8.08. The smallest absolute Gasteiger partial charge is 0.337 e. The van der Waals surface area contributed by atoms with Crippen molar-refractivity contribution in [2.24, 2.45) is 0 Å². The largest absolute Gasteiger partial charge is 0.489 e. The average molecular weight is 1050 g/mol. The second-order valence-corrected chi connectivity index (χ2v) is 18.9. The van der Waals surface area contributed by atoms with Gasteiger partial charge in [0.25, 0.3) is 0 Å². The van der Waals surface area contributed by atoms with E-state index in [4.69, 9.17) is 47.4 Å². The van der Waals surface area contributed by atoms with Gasteiger partial charge in [0, 0.05) is 29.0 Å². The molecule has 0 radical (unpaired) electrons. The van der Waals surface area contributed by atoms with Gasteiger partial charge in [-0.05, 0) is 130 Å². The first-order valence-electron chi connectivity index (χ1n) is 23.5. The van der Waals surface area contributed by atoms with Crippen molar-refractivity contribution in [1.82, 2.24) is 0 Å². The molecule has 0 N–H and O–H groups in total. The van der Waals surface area contributed by atoms with Gasteiger partial charge in [0.05, 0.1) is 50.7 Å². The second-order valence-electron chi connectivity index (χ2n) is 16.7. The van der Waals surface area contributed by atoms with E-state index in [0.29, 0.717) is 56.8 Å². The minimum Gasteiger partial charge on any atom is -0.489 e. The van der Waals surface area contributed by atoms with Gasteiger partial charge >= 0.3 is 23.9 Å². The van der Waals surface area contributed by atoms with E-state index >= 15 is 0 Å².